The van der Waals surface area contributed by atoms with Crippen LogP contribution in [-0.4, -0.2) is 44.8 Å². The first-order valence-corrected chi connectivity index (χ1v) is 13.5. The number of anilines is 1. The predicted octanol–water partition coefficient (Wildman–Crippen LogP) is 6.09. The number of hydrogen-bond donors (Lipinski definition) is 1. The molecule has 0 unspecified atom stereocenters. The van der Waals surface area contributed by atoms with Crippen molar-refractivity contribution >= 4 is 11.6 Å². The van der Waals surface area contributed by atoms with Gasteiger partial charge in [0.2, 0.25) is 11.7 Å². The lowest BCUT2D eigenvalue weighted by Gasteiger charge is -2.33. The van der Waals surface area contributed by atoms with Gasteiger partial charge in [0, 0.05) is 30.8 Å². The highest BCUT2D eigenvalue weighted by Crippen LogP contribution is 2.40. The molecule has 4 rings (SSSR count). The van der Waals surface area contributed by atoms with E-state index in [1.807, 2.05) is 47.4 Å². The van der Waals surface area contributed by atoms with Crippen molar-refractivity contribution in [3.63, 3.8) is 0 Å². The van der Waals surface area contributed by atoms with Crippen LogP contribution in [-0.2, 0) is 24.3 Å². The van der Waals surface area contributed by atoms with Crippen LogP contribution >= 0.6 is 0 Å². The van der Waals surface area contributed by atoms with Crippen molar-refractivity contribution in [3.8, 4) is 23.0 Å². The van der Waals surface area contributed by atoms with Crippen LogP contribution in [0.5, 0.6) is 23.0 Å². The molecule has 1 amide bonds. The summed E-state index contributed by atoms with van der Waals surface area (Å²) in [5.74, 6) is 3.04. The van der Waals surface area contributed by atoms with Crippen molar-refractivity contribution in [1.82, 2.24) is 4.90 Å². The van der Waals surface area contributed by atoms with Crippen molar-refractivity contribution in [2.45, 2.75) is 52.2 Å². The normalized spacial score (nSPS) is 15.2. The second kappa shape index (κ2) is 13.3. The molecule has 0 bridgehead atoms. The second-order valence-electron chi connectivity index (χ2n) is 10.2. The zero-order valence-electron chi connectivity index (χ0n) is 23.7. The number of fused-ring (bicyclic) bond motifs is 2. The topological polar surface area (TPSA) is 69.3 Å². The molecular weight excluding hydrogens is 492 g/mol. The smallest absolute Gasteiger partial charge is 0.223 e. The third kappa shape index (κ3) is 6.77. The Balaban J connectivity index is 1.65. The van der Waals surface area contributed by atoms with Gasteiger partial charge in [-0.3, -0.25) is 4.79 Å². The molecule has 0 radical (unpaired) electrons. The molecule has 3 aromatic carbocycles. The maximum absolute atomic E-state index is 14.0. The van der Waals surface area contributed by atoms with E-state index in [2.05, 4.69) is 37.4 Å². The number of rotatable bonds is 8. The molecule has 0 spiro atoms. The molecule has 3 aromatic rings. The minimum atomic E-state index is -0.0796. The van der Waals surface area contributed by atoms with Crippen molar-refractivity contribution in [2.24, 2.45) is 5.92 Å². The van der Waals surface area contributed by atoms with Gasteiger partial charge in [0.15, 0.2) is 11.5 Å². The molecule has 1 aliphatic rings. The van der Waals surface area contributed by atoms with Gasteiger partial charge in [-0.05, 0) is 48.1 Å². The molecule has 7 heteroatoms. The summed E-state index contributed by atoms with van der Waals surface area (Å²) in [6.07, 6.45) is 1.67. The molecule has 0 fully saturated rings. The second-order valence-corrected chi connectivity index (χ2v) is 10.2. The summed E-state index contributed by atoms with van der Waals surface area (Å²) in [6.45, 7) is 5.96. The number of amides is 1. The van der Waals surface area contributed by atoms with Crippen LogP contribution in [0.15, 0.2) is 60.7 Å². The van der Waals surface area contributed by atoms with E-state index in [1.165, 1.54) is 0 Å². The molecule has 7 nitrogen and oxygen atoms in total. The summed E-state index contributed by atoms with van der Waals surface area (Å²) in [4.78, 5) is 16.0. The Bertz CT molecular complexity index is 1260. The average molecular weight is 533 g/mol. The van der Waals surface area contributed by atoms with Gasteiger partial charge in [-0.25, -0.2) is 0 Å². The van der Waals surface area contributed by atoms with Gasteiger partial charge in [-0.1, -0.05) is 56.3 Å². The summed E-state index contributed by atoms with van der Waals surface area (Å²) >= 11 is 0. The maximum atomic E-state index is 14.0. The molecule has 0 saturated carbocycles. The number of benzene rings is 3. The van der Waals surface area contributed by atoms with E-state index in [9.17, 15) is 4.79 Å². The fourth-order valence-corrected chi connectivity index (χ4v) is 5.18. The van der Waals surface area contributed by atoms with Crippen molar-refractivity contribution in [1.29, 1.82) is 0 Å². The standard InChI is InChI=1S/C32H40N2O5/c1-22(2)18-26-21-39-28-13-9-7-10-24(28)19-33-27-12-8-6-11-25(27)20-34(26)30(35)17-15-23-14-16-29(36-3)32(38-5)31(23)37-4/h6-14,16,22,26,33H,15,17-21H2,1-5H3/t26-/m0/s1. The number of aryl methyl sites for hydroxylation is 1. The van der Waals surface area contributed by atoms with Gasteiger partial charge < -0.3 is 29.2 Å². The monoisotopic (exact) mass is 532 g/mol. The van der Waals surface area contributed by atoms with E-state index in [1.54, 1.807) is 21.3 Å². The number of carbonyl (C=O) groups is 1. The van der Waals surface area contributed by atoms with Gasteiger partial charge in [0.25, 0.3) is 0 Å². The third-order valence-electron chi connectivity index (χ3n) is 7.13. The van der Waals surface area contributed by atoms with E-state index >= 15 is 0 Å². The molecular formula is C32H40N2O5. The third-order valence-corrected chi connectivity index (χ3v) is 7.13. The zero-order valence-corrected chi connectivity index (χ0v) is 23.7. The molecule has 0 aliphatic carbocycles. The maximum Gasteiger partial charge on any atom is 0.223 e. The van der Waals surface area contributed by atoms with Crippen molar-refractivity contribution < 1.29 is 23.7 Å². The first-order valence-electron chi connectivity index (χ1n) is 13.5. The summed E-state index contributed by atoms with van der Waals surface area (Å²) < 4.78 is 23.0. The molecule has 1 N–H and O–H groups in total. The highest BCUT2D eigenvalue weighted by Gasteiger charge is 2.28. The minimum Gasteiger partial charge on any atom is -0.493 e. The zero-order chi connectivity index (χ0) is 27.8. The summed E-state index contributed by atoms with van der Waals surface area (Å²) in [6, 6.07) is 20.0. The van der Waals surface area contributed by atoms with Gasteiger partial charge in [0.05, 0.1) is 27.4 Å². The van der Waals surface area contributed by atoms with Crippen LogP contribution in [0.4, 0.5) is 5.69 Å². The highest BCUT2D eigenvalue weighted by atomic mass is 16.5. The summed E-state index contributed by atoms with van der Waals surface area (Å²) in [5, 5.41) is 3.57. The van der Waals surface area contributed by atoms with E-state index < -0.39 is 0 Å². The fourth-order valence-electron chi connectivity index (χ4n) is 5.18. The fraction of sp³-hybridized carbons (Fsp3) is 0.406. The van der Waals surface area contributed by atoms with Crippen molar-refractivity contribution in [3.05, 3.63) is 77.4 Å². The summed E-state index contributed by atoms with van der Waals surface area (Å²) in [7, 11) is 4.79. The molecule has 1 atom stereocenters. The summed E-state index contributed by atoms with van der Waals surface area (Å²) in [5.41, 5.74) is 4.10. The number of carbonyl (C=O) groups excluding carboxylic acids is 1. The van der Waals surface area contributed by atoms with Gasteiger partial charge in [0.1, 0.15) is 12.4 Å². The number of para-hydroxylation sites is 2. The molecule has 0 saturated heterocycles. The quantitative estimate of drug-likeness (QED) is 0.379. The predicted molar refractivity (Wildman–Crippen MR) is 154 cm³/mol. The number of hydrogen-bond acceptors (Lipinski definition) is 6. The Hall–Kier alpha value is -3.87. The lowest BCUT2D eigenvalue weighted by molar-refractivity contribution is -0.135. The number of methoxy groups -OCH3 is 3. The largest absolute Gasteiger partial charge is 0.493 e. The van der Waals surface area contributed by atoms with Crippen molar-refractivity contribution in [2.75, 3.05) is 33.3 Å². The molecule has 39 heavy (non-hydrogen) atoms. The molecule has 208 valence electrons. The lowest BCUT2D eigenvalue weighted by Crippen LogP contribution is -2.44. The average Bonchev–Trinajstić information content (AvgIpc) is 2.98. The van der Waals surface area contributed by atoms with E-state index in [0.29, 0.717) is 55.7 Å². The number of nitrogens with one attached hydrogen (secondary N) is 1. The van der Waals surface area contributed by atoms with E-state index in [0.717, 1.165) is 34.5 Å². The van der Waals surface area contributed by atoms with Crippen LogP contribution in [0.3, 0.4) is 0 Å². The Morgan fingerprint density at radius 1 is 0.949 bits per heavy atom. The Kier molecular flexibility index (Phi) is 9.58. The Morgan fingerprint density at radius 3 is 2.38 bits per heavy atom. The van der Waals surface area contributed by atoms with Gasteiger partial charge >= 0.3 is 0 Å². The SMILES string of the molecule is COc1ccc(CCC(=O)N2Cc3ccccc3NCc3ccccc3OC[C@@H]2CC(C)C)c(OC)c1OC. The molecule has 1 heterocycles. The van der Waals surface area contributed by atoms with Crippen LogP contribution < -0.4 is 24.3 Å². The highest BCUT2D eigenvalue weighted by molar-refractivity contribution is 5.77. The minimum absolute atomic E-state index is 0.0726. The van der Waals surface area contributed by atoms with Gasteiger partial charge in [-0.15, -0.1) is 0 Å². The van der Waals surface area contributed by atoms with E-state index in [-0.39, 0.29) is 11.9 Å². The first-order chi connectivity index (χ1) is 18.9. The van der Waals surface area contributed by atoms with E-state index in [4.69, 9.17) is 18.9 Å². The van der Waals surface area contributed by atoms with Crippen LogP contribution in [0.1, 0.15) is 43.4 Å². The van der Waals surface area contributed by atoms with Gasteiger partial charge in [-0.2, -0.15) is 0 Å². The number of nitrogens with zero attached hydrogens (tertiary/aromatic N) is 1. The lowest BCUT2D eigenvalue weighted by atomic mass is 10.00. The Labute approximate surface area is 232 Å². The number of ether oxygens (including phenoxy) is 4. The Morgan fingerprint density at radius 2 is 1.67 bits per heavy atom. The first kappa shape index (κ1) is 28.1. The van der Waals surface area contributed by atoms with Crippen LogP contribution in [0, 0.1) is 5.92 Å². The van der Waals surface area contributed by atoms with Crippen LogP contribution in [0.25, 0.3) is 0 Å². The van der Waals surface area contributed by atoms with Crippen LogP contribution in [0.2, 0.25) is 0 Å². The molecule has 1 aliphatic heterocycles. The molecule has 0 aromatic heterocycles.